The van der Waals surface area contributed by atoms with E-state index in [1.807, 2.05) is 6.92 Å². The molecule has 1 heterocycles. The number of aryl methyl sites for hydroxylation is 1. The summed E-state index contributed by atoms with van der Waals surface area (Å²) in [6, 6.07) is 9.78. The van der Waals surface area contributed by atoms with Gasteiger partial charge in [-0.25, -0.2) is 4.39 Å². The lowest BCUT2D eigenvalue weighted by Crippen LogP contribution is -2.26. The minimum Gasteiger partial charge on any atom is -0.337 e. The first-order chi connectivity index (χ1) is 9.06. The number of benzene rings is 1. The van der Waals surface area contributed by atoms with Gasteiger partial charge in [-0.1, -0.05) is 12.1 Å². The van der Waals surface area contributed by atoms with E-state index >= 15 is 0 Å². The average Bonchev–Trinajstić information content (AvgIpc) is 2.39. The molecule has 0 fully saturated rings. The van der Waals surface area contributed by atoms with Crippen LogP contribution in [0, 0.1) is 12.7 Å². The van der Waals surface area contributed by atoms with Crippen molar-refractivity contribution >= 4 is 5.91 Å². The van der Waals surface area contributed by atoms with Crippen molar-refractivity contribution < 1.29 is 9.18 Å². The van der Waals surface area contributed by atoms with Gasteiger partial charge in [-0.05, 0) is 36.8 Å². The molecule has 0 aliphatic heterocycles. The standard InChI is InChI=1S/C15H15FN2O/c1-11-6-7-13(9-17-11)15(19)18(2)10-12-4-3-5-14(16)8-12/h3-9H,10H2,1-2H3. The number of carbonyl (C=O) groups is 1. The molecule has 0 radical (unpaired) electrons. The summed E-state index contributed by atoms with van der Waals surface area (Å²) in [6.07, 6.45) is 1.56. The summed E-state index contributed by atoms with van der Waals surface area (Å²) in [7, 11) is 1.69. The number of pyridine rings is 1. The van der Waals surface area contributed by atoms with Gasteiger partial charge < -0.3 is 4.90 Å². The van der Waals surface area contributed by atoms with E-state index in [4.69, 9.17) is 0 Å². The predicted molar refractivity (Wildman–Crippen MR) is 71.2 cm³/mol. The van der Waals surface area contributed by atoms with Gasteiger partial charge in [0.1, 0.15) is 5.82 Å². The Morgan fingerprint density at radius 1 is 1.32 bits per heavy atom. The third kappa shape index (κ3) is 3.37. The Labute approximate surface area is 111 Å². The fraction of sp³-hybridized carbons (Fsp3) is 0.200. The van der Waals surface area contributed by atoms with Crippen LogP contribution in [0.5, 0.6) is 0 Å². The van der Waals surface area contributed by atoms with Crippen molar-refractivity contribution in [2.75, 3.05) is 7.05 Å². The number of hydrogen-bond donors (Lipinski definition) is 0. The summed E-state index contributed by atoms with van der Waals surface area (Å²) in [5, 5.41) is 0. The number of carbonyl (C=O) groups excluding carboxylic acids is 1. The van der Waals surface area contributed by atoms with Crippen molar-refractivity contribution in [2.24, 2.45) is 0 Å². The lowest BCUT2D eigenvalue weighted by Gasteiger charge is -2.17. The fourth-order valence-electron chi connectivity index (χ4n) is 1.80. The van der Waals surface area contributed by atoms with Gasteiger partial charge in [0.15, 0.2) is 0 Å². The highest BCUT2D eigenvalue weighted by atomic mass is 19.1. The van der Waals surface area contributed by atoms with Crippen molar-refractivity contribution in [3.05, 3.63) is 65.2 Å². The normalized spacial score (nSPS) is 10.3. The monoisotopic (exact) mass is 258 g/mol. The largest absolute Gasteiger partial charge is 0.337 e. The molecule has 2 aromatic rings. The Morgan fingerprint density at radius 3 is 2.74 bits per heavy atom. The fourth-order valence-corrected chi connectivity index (χ4v) is 1.80. The van der Waals surface area contributed by atoms with Crippen LogP contribution in [0.1, 0.15) is 21.6 Å². The van der Waals surface area contributed by atoms with E-state index in [9.17, 15) is 9.18 Å². The number of hydrogen-bond acceptors (Lipinski definition) is 2. The van der Waals surface area contributed by atoms with Gasteiger partial charge in [0.05, 0.1) is 5.56 Å². The molecule has 0 aliphatic carbocycles. The molecule has 0 aliphatic rings. The molecule has 1 aromatic carbocycles. The molecule has 0 N–H and O–H groups in total. The second-order valence-corrected chi connectivity index (χ2v) is 4.48. The van der Waals surface area contributed by atoms with E-state index in [0.717, 1.165) is 11.3 Å². The molecule has 98 valence electrons. The smallest absolute Gasteiger partial charge is 0.255 e. The Kier molecular flexibility index (Phi) is 3.90. The first kappa shape index (κ1) is 13.2. The van der Waals surface area contributed by atoms with Gasteiger partial charge in [0, 0.05) is 25.5 Å². The lowest BCUT2D eigenvalue weighted by atomic mass is 10.2. The Morgan fingerprint density at radius 2 is 2.11 bits per heavy atom. The SMILES string of the molecule is Cc1ccc(C(=O)N(C)Cc2cccc(F)c2)cn1. The van der Waals surface area contributed by atoms with E-state index in [0.29, 0.717) is 12.1 Å². The van der Waals surface area contributed by atoms with Crippen LogP contribution < -0.4 is 0 Å². The van der Waals surface area contributed by atoms with Gasteiger partial charge in [0.25, 0.3) is 5.91 Å². The molecule has 1 amide bonds. The molecule has 0 saturated heterocycles. The second kappa shape index (κ2) is 5.61. The summed E-state index contributed by atoms with van der Waals surface area (Å²) >= 11 is 0. The molecule has 0 spiro atoms. The molecule has 0 saturated carbocycles. The molecule has 4 heteroatoms. The Bertz CT molecular complexity index is 581. The van der Waals surface area contributed by atoms with Crippen LogP contribution in [0.4, 0.5) is 4.39 Å². The van der Waals surface area contributed by atoms with E-state index in [1.54, 1.807) is 42.4 Å². The molecule has 0 unspecified atom stereocenters. The highest BCUT2D eigenvalue weighted by Crippen LogP contribution is 2.09. The number of aromatic nitrogens is 1. The van der Waals surface area contributed by atoms with Gasteiger partial charge in [-0.3, -0.25) is 9.78 Å². The Balaban J connectivity index is 2.09. The third-order valence-electron chi connectivity index (χ3n) is 2.81. The molecular weight excluding hydrogens is 243 g/mol. The van der Waals surface area contributed by atoms with Crippen LogP contribution in [-0.2, 0) is 6.54 Å². The van der Waals surface area contributed by atoms with Crippen LogP contribution in [0.2, 0.25) is 0 Å². The predicted octanol–water partition coefficient (Wildman–Crippen LogP) is 2.80. The van der Waals surface area contributed by atoms with Crippen LogP contribution >= 0.6 is 0 Å². The van der Waals surface area contributed by atoms with Gasteiger partial charge in [-0.15, -0.1) is 0 Å². The van der Waals surface area contributed by atoms with Gasteiger partial charge in [-0.2, -0.15) is 0 Å². The first-order valence-corrected chi connectivity index (χ1v) is 5.99. The van der Waals surface area contributed by atoms with E-state index < -0.39 is 0 Å². The zero-order valence-corrected chi connectivity index (χ0v) is 10.9. The van der Waals surface area contributed by atoms with E-state index in [2.05, 4.69) is 4.98 Å². The van der Waals surface area contributed by atoms with Crippen LogP contribution in [0.15, 0.2) is 42.6 Å². The summed E-state index contributed by atoms with van der Waals surface area (Å²) in [5.41, 5.74) is 2.16. The van der Waals surface area contributed by atoms with Crippen LogP contribution in [0.25, 0.3) is 0 Å². The molecule has 0 bridgehead atoms. The molecule has 0 atom stereocenters. The number of halogens is 1. The van der Waals surface area contributed by atoms with Crippen LogP contribution in [-0.4, -0.2) is 22.8 Å². The van der Waals surface area contributed by atoms with Crippen molar-refractivity contribution in [1.82, 2.24) is 9.88 Å². The van der Waals surface area contributed by atoms with Crippen molar-refractivity contribution in [2.45, 2.75) is 13.5 Å². The second-order valence-electron chi connectivity index (χ2n) is 4.48. The zero-order valence-electron chi connectivity index (χ0n) is 10.9. The third-order valence-corrected chi connectivity index (χ3v) is 2.81. The van der Waals surface area contributed by atoms with Crippen molar-refractivity contribution in [3.8, 4) is 0 Å². The maximum Gasteiger partial charge on any atom is 0.255 e. The summed E-state index contributed by atoms with van der Waals surface area (Å²) in [5.74, 6) is -0.424. The average molecular weight is 258 g/mol. The molecule has 2 rings (SSSR count). The molecular formula is C15H15FN2O. The highest BCUT2D eigenvalue weighted by Gasteiger charge is 2.12. The summed E-state index contributed by atoms with van der Waals surface area (Å²) < 4.78 is 13.1. The van der Waals surface area contributed by atoms with Crippen LogP contribution in [0.3, 0.4) is 0 Å². The van der Waals surface area contributed by atoms with E-state index in [1.165, 1.54) is 12.1 Å². The molecule has 1 aromatic heterocycles. The molecule has 3 nitrogen and oxygen atoms in total. The number of nitrogens with zero attached hydrogens (tertiary/aromatic N) is 2. The quantitative estimate of drug-likeness (QED) is 0.848. The lowest BCUT2D eigenvalue weighted by molar-refractivity contribution is 0.0784. The van der Waals surface area contributed by atoms with Crippen molar-refractivity contribution in [1.29, 1.82) is 0 Å². The number of amides is 1. The Hall–Kier alpha value is -2.23. The van der Waals surface area contributed by atoms with Gasteiger partial charge >= 0.3 is 0 Å². The number of rotatable bonds is 3. The van der Waals surface area contributed by atoms with Gasteiger partial charge in [0.2, 0.25) is 0 Å². The minimum atomic E-state index is -0.296. The maximum atomic E-state index is 13.1. The highest BCUT2D eigenvalue weighted by molar-refractivity contribution is 5.93. The minimum absolute atomic E-state index is 0.128. The first-order valence-electron chi connectivity index (χ1n) is 5.99. The van der Waals surface area contributed by atoms with E-state index in [-0.39, 0.29) is 11.7 Å². The summed E-state index contributed by atoms with van der Waals surface area (Å²) in [4.78, 5) is 17.8. The zero-order chi connectivity index (χ0) is 13.8. The summed E-state index contributed by atoms with van der Waals surface area (Å²) in [6.45, 7) is 2.23. The topological polar surface area (TPSA) is 33.2 Å². The maximum absolute atomic E-state index is 13.1. The van der Waals surface area contributed by atoms with Crippen molar-refractivity contribution in [3.63, 3.8) is 0 Å². The molecule has 19 heavy (non-hydrogen) atoms.